The van der Waals surface area contributed by atoms with E-state index in [0.717, 1.165) is 12.0 Å². The second kappa shape index (κ2) is 4.57. The predicted molar refractivity (Wildman–Crippen MR) is 62.9 cm³/mol. The zero-order valence-corrected chi connectivity index (χ0v) is 9.64. The third-order valence-electron chi connectivity index (χ3n) is 3.11. The number of amides is 1. The van der Waals surface area contributed by atoms with Crippen molar-refractivity contribution in [2.24, 2.45) is 5.92 Å². The standard InChI is InChI=1S/C13H15NO3/c1-8-6-11(8)9-4-2-3-5-10(9)13(17)14-7-12(15)16/h2-5,8,11H,6-7H2,1H3,(H,14,17)(H,15,16)/t8?,11-/m0/s1. The Kier molecular flexibility index (Phi) is 3.13. The largest absolute Gasteiger partial charge is 0.480 e. The molecule has 1 fully saturated rings. The first kappa shape index (κ1) is 11.6. The van der Waals surface area contributed by atoms with Gasteiger partial charge in [-0.05, 0) is 29.9 Å². The van der Waals surface area contributed by atoms with Crippen molar-refractivity contribution in [3.63, 3.8) is 0 Å². The number of nitrogens with one attached hydrogen (secondary N) is 1. The molecule has 0 aliphatic heterocycles. The molecule has 4 heteroatoms. The van der Waals surface area contributed by atoms with Gasteiger partial charge in [0.25, 0.3) is 5.91 Å². The number of carboxylic acids is 1. The fraction of sp³-hybridized carbons (Fsp3) is 0.385. The van der Waals surface area contributed by atoms with Crippen LogP contribution in [0.1, 0.15) is 35.2 Å². The van der Waals surface area contributed by atoms with Crippen LogP contribution in [0.3, 0.4) is 0 Å². The lowest BCUT2D eigenvalue weighted by Gasteiger charge is -2.08. The Hall–Kier alpha value is -1.84. The second-order valence-electron chi connectivity index (χ2n) is 4.48. The smallest absolute Gasteiger partial charge is 0.322 e. The predicted octanol–water partition coefficient (Wildman–Crippen LogP) is 1.62. The molecule has 0 saturated heterocycles. The van der Waals surface area contributed by atoms with Crippen LogP contribution in [0.4, 0.5) is 0 Å². The minimum absolute atomic E-state index is 0.304. The number of aliphatic carboxylic acids is 1. The molecule has 2 rings (SSSR count). The van der Waals surface area contributed by atoms with Crippen molar-refractivity contribution in [3.8, 4) is 0 Å². The Morgan fingerprint density at radius 2 is 2.06 bits per heavy atom. The number of carbonyl (C=O) groups is 2. The molecule has 0 spiro atoms. The summed E-state index contributed by atoms with van der Waals surface area (Å²) in [5.74, 6) is -0.275. The summed E-state index contributed by atoms with van der Waals surface area (Å²) in [7, 11) is 0. The lowest BCUT2D eigenvalue weighted by molar-refractivity contribution is -0.135. The van der Waals surface area contributed by atoms with Gasteiger partial charge in [0.15, 0.2) is 0 Å². The van der Waals surface area contributed by atoms with E-state index in [-0.39, 0.29) is 12.5 Å². The zero-order chi connectivity index (χ0) is 12.4. The van der Waals surface area contributed by atoms with Crippen LogP contribution in [0.5, 0.6) is 0 Å². The van der Waals surface area contributed by atoms with Gasteiger partial charge in [-0.3, -0.25) is 9.59 Å². The van der Waals surface area contributed by atoms with Gasteiger partial charge in [0, 0.05) is 5.56 Å². The summed E-state index contributed by atoms with van der Waals surface area (Å²) in [5.41, 5.74) is 1.63. The molecular weight excluding hydrogens is 218 g/mol. The highest BCUT2D eigenvalue weighted by Gasteiger charge is 2.36. The van der Waals surface area contributed by atoms with Crippen LogP contribution < -0.4 is 5.32 Å². The Morgan fingerprint density at radius 1 is 1.41 bits per heavy atom. The number of hydrogen-bond donors (Lipinski definition) is 2. The van der Waals surface area contributed by atoms with Gasteiger partial charge in [-0.25, -0.2) is 0 Å². The molecule has 4 nitrogen and oxygen atoms in total. The summed E-state index contributed by atoms with van der Waals surface area (Å²) in [4.78, 5) is 22.2. The Balaban J connectivity index is 2.14. The minimum Gasteiger partial charge on any atom is -0.480 e. The summed E-state index contributed by atoms with van der Waals surface area (Å²) >= 11 is 0. The molecule has 0 aromatic heterocycles. The van der Waals surface area contributed by atoms with Crippen molar-refractivity contribution in [1.29, 1.82) is 0 Å². The molecule has 2 atom stereocenters. The third kappa shape index (κ3) is 2.64. The summed E-state index contributed by atoms with van der Waals surface area (Å²) in [6.07, 6.45) is 1.10. The van der Waals surface area contributed by atoms with Gasteiger partial charge in [0.1, 0.15) is 6.54 Å². The lowest BCUT2D eigenvalue weighted by atomic mass is 10.0. The van der Waals surface area contributed by atoms with E-state index in [1.165, 1.54) is 0 Å². The third-order valence-corrected chi connectivity index (χ3v) is 3.11. The molecule has 1 amide bonds. The van der Waals surface area contributed by atoms with E-state index in [9.17, 15) is 9.59 Å². The van der Waals surface area contributed by atoms with E-state index >= 15 is 0 Å². The SMILES string of the molecule is CC1C[C@@H]1c1ccccc1C(=O)NCC(=O)O. The minimum atomic E-state index is -1.03. The molecule has 90 valence electrons. The van der Waals surface area contributed by atoms with Crippen LogP contribution in [0.25, 0.3) is 0 Å². The molecule has 0 heterocycles. The van der Waals surface area contributed by atoms with Crippen LogP contribution in [0.15, 0.2) is 24.3 Å². The molecule has 0 radical (unpaired) electrons. The number of benzene rings is 1. The lowest BCUT2D eigenvalue weighted by Crippen LogP contribution is -2.29. The van der Waals surface area contributed by atoms with Gasteiger partial charge in [0.2, 0.25) is 0 Å². The average Bonchev–Trinajstić information content (AvgIpc) is 3.03. The summed E-state index contributed by atoms with van der Waals surface area (Å²) < 4.78 is 0. The Bertz CT molecular complexity index is 456. The van der Waals surface area contributed by atoms with Gasteiger partial charge in [-0.1, -0.05) is 25.1 Å². The fourth-order valence-electron chi connectivity index (χ4n) is 2.03. The van der Waals surface area contributed by atoms with Gasteiger partial charge >= 0.3 is 5.97 Å². The first-order valence-electron chi connectivity index (χ1n) is 5.68. The molecule has 2 N–H and O–H groups in total. The van der Waals surface area contributed by atoms with Crippen molar-refractivity contribution in [3.05, 3.63) is 35.4 Å². The fourth-order valence-corrected chi connectivity index (χ4v) is 2.03. The zero-order valence-electron chi connectivity index (χ0n) is 9.64. The number of hydrogen-bond acceptors (Lipinski definition) is 2. The highest BCUT2D eigenvalue weighted by Crippen LogP contribution is 2.47. The van der Waals surface area contributed by atoms with Crippen LogP contribution in [-0.4, -0.2) is 23.5 Å². The number of carbonyl (C=O) groups excluding carboxylic acids is 1. The van der Waals surface area contributed by atoms with Crippen LogP contribution in [0.2, 0.25) is 0 Å². The molecule has 1 aliphatic rings. The maximum atomic E-state index is 11.8. The van der Waals surface area contributed by atoms with E-state index in [2.05, 4.69) is 12.2 Å². The average molecular weight is 233 g/mol. The van der Waals surface area contributed by atoms with Crippen LogP contribution in [0, 0.1) is 5.92 Å². The number of rotatable bonds is 4. The molecule has 1 unspecified atom stereocenters. The molecule has 1 saturated carbocycles. The van der Waals surface area contributed by atoms with Gasteiger partial charge in [-0.2, -0.15) is 0 Å². The molecule has 0 bridgehead atoms. The van der Waals surface area contributed by atoms with E-state index in [1.54, 1.807) is 12.1 Å². The van der Waals surface area contributed by atoms with Crippen molar-refractivity contribution in [2.75, 3.05) is 6.54 Å². The molecule has 1 aromatic carbocycles. The first-order valence-corrected chi connectivity index (χ1v) is 5.68. The highest BCUT2D eigenvalue weighted by atomic mass is 16.4. The van der Waals surface area contributed by atoms with Gasteiger partial charge in [-0.15, -0.1) is 0 Å². The molecular formula is C13H15NO3. The van der Waals surface area contributed by atoms with E-state index in [1.807, 2.05) is 12.1 Å². The van der Waals surface area contributed by atoms with Crippen molar-refractivity contribution in [2.45, 2.75) is 19.3 Å². The summed E-state index contributed by atoms with van der Waals surface area (Å²) in [6, 6.07) is 7.40. The van der Waals surface area contributed by atoms with Crippen molar-refractivity contribution in [1.82, 2.24) is 5.32 Å². The topological polar surface area (TPSA) is 66.4 Å². The second-order valence-corrected chi connectivity index (χ2v) is 4.48. The van der Waals surface area contributed by atoms with Gasteiger partial charge < -0.3 is 10.4 Å². The van der Waals surface area contributed by atoms with Gasteiger partial charge in [0.05, 0.1) is 0 Å². The highest BCUT2D eigenvalue weighted by molar-refractivity contribution is 5.97. The molecule has 17 heavy (non-hydrogen) atoms. The van der Waals surface area contributed by atoms with Crippen molar-refractivity contribution >= 4 is 11.9 Å². The normalized spacial score (nSPS) is 21.9. The first-order chi connectivity index (χ1) is 8.09. The quantitative estimate of drug-likeness (QED) is 0.830. The Labute approximate surface area is 99.6 Å². The van der Waals surface area contributed by atoms with E-state index in [4.69, 9.17) is 5.11 Å². The Morgan fingerprint density at radius 3 is 2.65 bits per heavy atom. The van der Waals surface area contributed by atoms with Crippen LogP contribution >= 0.6 is 0 Å². The maximum absolute atomic E-state index is 11.8. The van der Waals surface area contributed by atoms with E-state index in [0.29, 0.717) is 17.4 Å². The summed E-state index contributed by atoms with van der Waals surface area (Å²) in [5, 5.41) is 10.9. The van der Waals surface area contributed by atoms with Crippen LogP contribution in [-0.2, 0) is 4.79 Å². The molecule has 1 aromatic rings. The van der Waals surface area contributed by atoms with Crippen molar-refractivity contribution < 1.29 is 14.7 Å². The maximum Gasteiger partial charge on any atom is 0.322 e. The monoisotopic (exact) mass is 233 g/mol. The number of carboxylic acid groups (broad SMARTS) is 1. The molecule has 1 aliphatic carbocycles. The summed E-state index contributed by atoms with van der Waals surface area (Å²) in [6.45, 7) is 1.81. The van der Waals surface area contributed by atoms with E-state index < -0.39 is 5.97 Å².